The molecule has 2 aliphatic rings. The highest BCUT2D eigenvalue weighted by molar-refractivity contribution is 6.00. The summed E-state index contributed by atoms with van der Waals surface area (Å²) in [7, 11) is 0. The van der Waals surface area contributed by atoms with Crippen LogP contribution in [0.15, 0.2) is 18.2 Å². The average Bonchev–Trinajstić information content (AvgIpc) is 2.59. The number of amides is 2. The highest BCUT2D eigenvalue weighted by Gasteiger charge is 2.35. The number of para-hydroxylation sites is 1. The number of carbonyl (C=O) groups is 2. The average molecular weight is 346 g/mol. The fourth-order valence-electron chi connectivity index (χ4n) is 3.30. The lowest BCUT2D eigenvalue weighted by Crippen LogP contribution is -2.55. The maximum Gasteiger partial charge on any atom is 0.258 e. The van der Waals surface area contributed by atoms with Gasteiger partial charge in [0.15, 0.2) is 11.5 Å². The summed E-state index contributed by atoms with van der Waals surface area (Å²) in [5, 5.41) is 3.00. The second kappa shape index (κ2) is 6.94. The lowest BCUT2D eigenvalue weighted by molar-refractivity contribution is -0.128. The van der Waals surface area contributed by atoms with Crippen LogP contribution in [0, 0.1) is 0 Å². The van der Waals surface area contributed by atoms with E-state index in [2.05, 4.69) is 5.32 Å². The van der Waals surface area contributed by atoms with Crippen LogP contribution in [0.2, 0.25) is 0 Å². The van der Waals surface area contributed by atoms with Gasteiger partial charge in [-0.3, -0.25) is 9.59 Å². The molecule has 1 atom stereocenters. The first kappa shape index (κ1) is 17.6. The molecule has 1 fully saturated rings. The Hall–Kier alpha value is -2.24. The van der Waals surface area contributed by atoms with Gasteiger partial charge >= 0.3 is 0 Å². The lowest BCUT2D eigenvalue weighted by atomic mass is 9.98. The number of carbonyl (C=O) groups excluding carboxylic acids is 2. The first-order valence-corrected chi connectivity index (χ1v) is 8.88. The molecule has 1 aromatic rings. The maximum atomic E-state index is 13.2. The number of ether oxygens (including phenoxy) is 2. The van der Waals surface area contributed by atoms with Crippen LogP contribution in [0.25, 0.3) is 0 Å². The summed E-state index contributed by atoms with van der Waals surface area (Å²) in [5.74, 6) is 0.808. The summed E-state index contributed by atoms with van der Waals surface area (Å²) in [6.07, 6.45) is 2.52. The molecule has 1 aromatic carbocycles. The van der Waals surface area contributed by atoms with Crippen LogP contribution >= 0.6 is 0 Å². The number of likely N-dealkylation sites (tertiary alicyclic amines) is 1. The monoisotopic (exact) mass is 346 g/mol. The van der Waals surface area contributed by atoms with E-state index in [1.165, 1.54) is 0 Å². The third-order valence-electron chi connectivity index (χ3n) is 4.36. The molecule has 6 nitrogen and oxygen atoms in total. The number of piperidine rings is 1. The minimum Gasteiger partial charge on any atom is -0.486 e. The fraction of sp³-hybridized carbons (Fsp3) is 0.579. The zero-order chi connectivity index (χ0) is 18.0. The van der Waals surface area contributed by atoms with Crippen molar-refractivity contribution < 1.29 is 19.1 Å². The second-order valence-corrected chi connectivity index (χ2v) is 7.58. The van der Waals surface area contributed by atoms with Crippen LogP contribution in [0.3, 0.4) is 0 Å². The zero-order valence-corrected chi connectivity index (χ0v) is 15.1. The molecule has 0 aliphatic carbocycles. The smallest absolute Gasteiger partial charge is 0.258 e. The van der Waals surface area contributed by atoms with E-state index in [0.717, 1.165) is 12.8 Å². The topological polar surface area (TPSA) is 67.9 Å². The van der Waals surface area contributed by atoms with E-state index < -0.39 is 6.04 Å². The van der Waals surface area contributed by atoms with Crippen molar-refractivity contribution in [1.29, 1.82) is 0 Å². The Labute approximate surface area is 148 Å². The first-order valence-electron chi connectivity index (χ1n) is 8.88. The predicted octanol–water partition coefficient (Wildman–Crippen LogP) is 2.37. The molecule has 2 aliphatic heterocycles. The van der Waals surface area contributed by atoms with Crippen molar-refractivity contribution in [1.82, 2.24) is 10.2 Å². The van der Waals surface area contributed by atoms with Gasteiger partial charge in [-0.15, -0.1) is 0 Å². The summed E-state index contributed by atoms with van der Waals surface area (Å²) < 4.78 is 11.2. The molecule has 136 valence electrons. The normalized spacial score (nSPS) is 20.1. The highest BCUT2D eigenvalue weighted by atomic mass is 16.6. The molecule has 1 saturated heterocycles. The molecule has 2 heterocycles. The summed E-state index contributed by atoms with van der Waals surface area (Å²) in [6, 6.07) is 4.88. The van der Waals surface area contributed by atoms with Crippen molar-refractivity contribution in [2.24, 2.45) is 0 Å². The molecule has 0 aromatic heterocycles. The second-order valence-electron chi connectivity index (χ2n) is 7.58. The van der Waals surface area contributed by atoms with Crippen LogP contribution in [0.5, 0.6) is 11.5 Å². The number of nitrogens with zero attached hydrogens (tertiary/aromatic N) is 1. The van der Waals surface area contributed by atoms with E-state index in [9.17, 15) is 9.59 Å². The Morgan fingerprint density at radius 3 is 2.68 bits per heavy atom. The van der Waals surface area contributed by atoms with E-state index in [1.54, 1.807) is 23.1 Å². The van der Waals surface area contributed by atoms with Gasteiger partial charge < -0.3 is 19.7 Å². The molecule has 1 N–H and O–H groups in total. The standard InChI is InChI=1S/C19H26N2O4/c1-19(2,3)20-17(22)14-8-4-5-10-21(14)18(23)13-7-6-9-15-16(13)25-12-11-24-15/h6-7,9,14H,4-5,8,10-12H2,1-3H3,(H,20,22)/t14-/m0/s1. The van der Waals surface area contributed by atoms with Crippen molar-refractivity contribution >= 4 is 11.8 Å². The summed E-state index contributed by atoms with van der Waals surface area (Å²) >= 11 is 0. The minimum atomic E-state index is -0.444. The molecule has 2 amide bonds. The molecule has 0 saturated carbocycles. The van der Waals surface area contributed by atoms with Crippen molar-refractivity contribution in [3.05, 3.63) is 23.8 Å². The van der Waals surface area contributed by atoms with Gasteiger partial charge in [0.25, 0.3) is 5.91 Å². The van der Waals surface area contributed by atoms with Crippen LogP contribution in [0.4, 0.5) is 0 Å². The van der Waals surface area contributed by atoms with Gasteiger partial charge in [-0.05, 0) is 52.2 Å². The molecule has 0 bridgehead atoms. The molecule has 0 unspecified atom stereocenters. The fourth-order valence-corrected chi connectivity index (χ4v) is 3.30. The molecular weight excluding hydrogens is 320 g/mol. The van der Waals surface area contributed by atoms with Crippen LogP contribution < -0.4 is 14.8 Å². The summed E-state index contributed by atoms with van der Waals surface area (Å²) in [4.78, 5) is 27.5. The van der Waals surface area contributed by atoms with Crippen LogP contribution in [-0.2, 0) is 4.79 Å². The predicted molar refractivity (Wildman–Crippen MR) is 94.0 cm³/mol. The van der Waals surface area contributed by atoms with Crippen molar-refractivity contribution in [3.8, 4) is 11.5 Å². The van der Waals surface area contributed by atoms with E-state index >= 15 is 0 Å². The number of nitrogens with one attached hydrogen (secondary N) is 1. The Morgan fingerprint density at radius 2 is 1.92 bits per heavy atom. The van der Waals surface area contributed by atoms with Crippen molar-refractivity contribution in [2.45, 2.75) is 51.6 Å². The molecule has 3 rings (SSSR count). The molecular formula is C19H26N2O4. The van der Waals surface area contributed by atoms with E-state index in [4.69, 9.17) is 9.47 Å². The highest BCUT2D eigenvalue weighted by Crippen LogP contribution is 2.35. The third kappa shape index (κ3) is 3.89. The minimum absolute atomic E-state index is 0.0949. The quantitative estimate of drug-likeness (QED) is 0.893. The lowest BCUT2D eigenvalue weighted by Gasteiger charge is -2.37. The van der Waals surface area contributed by atoms with E-state index in [-0.39, 0.29) is 17.4 Å². The van der Waals surface area contributed by atoms with E-state index in [1.807, 2.05) is 20.8 Å². The maximum absolute atomic E-state index is 13.2. The van der Waals surface area contributed by atoms with E-state index in [0.29, 0.717) is 43.2 Å². The zero-order valence-electron chi connectivity index (χ0n) is 15.1. The molecule has 25 heavy (non-hydrogen) atoms. The number of hydrogen-bond donors (Lipinski definition) is 1. The van der Waals surface area contributed by atoms with Gasteiger partial charge in [0.1, 0.15) is 19.3 Å². The van der Waals surface area contributed by atoms with Gasteiger partial charge in [0, 0.05) is 12.1 Å². The molecule has 6 heteroatoms. The SMILES string of the molecule is CC(C)(C)NC(=O)[C@@H]1CCCCN1C(=O)c1cccc2c1OCCO2. The Balaban J connectivity index is 1.86. The Bertz CT molecular complexity index is 666. The largest absolute Gasteiger partial charge is 0.486 e. The van der Waals surface area contributed by atoms with Gasteiger partial charge in [0.05, 0.1) is 5.56 Å². The third-order valence-corrected chi connectivity index (χ3v) is 4.36. The van der Waals surface area contributed by atoms with Gasteiger partial charge in [-0.25, -0.2) is 0 Å². The number of hydrogen-bond acceptors (Lipinski definition) is 4. The van der Waals surface area contributed by atoms with Crippen LogP contribution in [0.1, 0.15) is 50.4 Å². The number of benzene rings is 1. The Morgan fingerprint density at radius 1 is 1.16 bits per heavy atom. The summed E-state index contributed by atoms with van der Waals surface area (Å²) in [5.41, 5.74) is 0.138. The van der Waals surface area contributed by atoms with Crippen LogP contribution in [-0.4, -0.2) is 48.1 Å². The number of fused-ring (bicyclic) bond motifs is 1. The summed E-state index contributed by atoms with van der Waals surface area (Å²) in [6.45, 7) is 7.30. The first-order chi connectivity index (χ1) is 11.9. The molecule has 0 radical (unpaired) electrons. The molecule has 0 spiro atoms. The van der Waals surface area contributed by atoms with Gasteiger partial charge in [-0.2, -0.15) is 0 Å². The van der Waals surface area contributed by atoms with Crippen molar-refractivity contribution in [3.63, 3.8) is 0 Å². The van der Waals surface area contributed by atoms with Gasteiger partial charge in [0.2, 0.25) is 5.91 Å². The number of rotatable bonds is 2. The van der Waals surface area contributed by atoms with Crippen molar-refractivity contribution in [2.75, 3.05) is 19.8 Å². The Kier molecular flexibility index (Phi) is 4.88. The van der Waals surface area contributed by atoms with Gasteiger partial charge in [-0.1, -0.05) is 6.07 Å².